The Labute approximate surface area is 231 Å². The highest BCUT2D eigenvalue weighted by molar-refractivity contribution is 5.96. The topological polar surface area (TPSA) is 129 Å². The van der Waals surface area contributed by atoms with Gasteiger partial charge in [0.2, 0.25) is 0 Å². The first-order chi connectivity index (χ1) is 18.9. The number of halogens is 6. The summed E-state index contributed by atoms with van der Waals surface area (Å²) < 4.78 is 65.5. The van der Waals surface area contributed by atoms with Crippen molar-refractivity contribution in [2.45, 2.75) is 57.5 Å². The number of carbonyl (C=O) groups is 3. The molecule has 4 rings (SSSR count). The maximum absolute atomic E-state index is 12.7. The molecule has 10 nitrogen and oxygen atoms in total. The van der Waals surface area contributed by atoms with Crippen LogP contribution in [0, 0.1) is 5.92 Å². The van der Waals surface area contributed by atoms with Gasteiger partial charge in [-0.3, -0.25) is 19.4 Å². The third-order valence-electron chi connectivity index (χ3n) is 6.39. The number of piperidine rings is 1. The van der Waals surface area contributed by atoms with Gasteiger partial charge in [-0.05, 0) is 49.5 Å². The molecule has 1 fully saturated rings. The second-order valence-electron chi connectivity index (χ2n) is 10.2. The van der Waals surface area contributed by atoms with Crippen LogP contribution >= 0.6 is 0 Å². The molecule has 2 aromatic heterocycles. The lowest BCUT2D eigenvalue weighted by Crippen LogP contribution is -2.53. The minimum atomic E-state index is -5.08. The number of pyridine rings is 1. The summed E-state index contributed by atoms with van der Waals surface area (Å²) in [7, 11) is 1.93. The van der Waals surface area contributed by atoms with Crippen molar-refractivity contribution < 1.29 is 50.9 Å². The molecular weight excluding hydrogens is 564 g/mol. The fourth-order valence-electron chi connectivity index (χ4n) is 4.52. The van der Waals surface area contributed by atoms with Gasteiger partial charge in [0.1, 0.15) is 0 Å². The van der Waals surface area contributed by atoms with E-state index >= 15 is 0 Å². The molecule has 0 aliphatic carbocycles. The van der Waals surface area contributed by atoms with Gasteiger partial charge < -0.3 is 15.1 Å². The highest BCUT2D eigenvalue weighted by atomic mass is 19.4. The molecule has 1 spiro atoms. The fourth-order valence-corrected chi connectivity index (χ4v) is 4.52. The third kappa shape index (κ3) is 9.43. The largest absolute Gasteiger partial charge is 0.490 e. The van der Waals surface area contributed by atoms with E-state index in [1.807, 2.05) is 35.2 Å². The number of amides is 1. The zero-order valence-electron chi connectivity index (χ0n) is 22.5. The van der Waals surface area contributed by atoms with E-state index in [0.717, 1.165) is 56.8 Å². The summed E-state index contributed by atoms with van der Waals surface area (Å²) in [5, 5.41) is 19.2. The van der Waals surface area contributed by atoms with Gasteiger partial charge in [-0.15, -0.1) is 0 Å². The van der Waals surface area contributed by atoms with Crippen LogP contribution in [0.5, 0.6) is 0 Å². The maximum atomic E-state index is 12.7. The van der Waals surface area contributed by atoms with E-state index in [9.17, 15) is 31.1 Å². The molecule has 1 amide bonds. The van der Waals surface area contributed by atoms with Crippen LogP contribution in [0.4, 0.5) is 26.3 Å². The molecule has 16 heteroatoms. The lowest BCUT2D eigenvalue weighted by atomic mass is 9.72. The molecule has 2 aliphatic rings. The first-order valence-corrected chi connectivity index (χ1v) is 12.4. The van der Waals surface area contributed by atoms with Crippen LogP contribution < -0.4 is 0 Å². The molecular formula is C25H31F6N5O5. The van der Waals surface area contributed by atoms with E-state index in [-0.39, 0.29) is 11.3 Å². The minimum Gasteiger partial charge on any atom is -0.475 e. The van der Waals surface area contributed by atoms with E-state index in [1.165, 1.54) is 5.56 Å². The monoisotopic (exact) mass is 595 g/mol. The van der Waals surface area contributed by atoms with Crippen molar-refractivity contribution in [2.24, 2.45) is 5.92 Å². The molecule has 0 unspecified atom stereocenters. The fraction of sp³-hybridized carbons (Fsp3) is 0.560. The SMILES string of the molecule is CC(C)Cn1cc2c(n1)C1(CCN(Cc3ccncc3)CC1)CN(C)C2=O.O=C(O)C(F)(F)F.O=C(O)C(F)(F)F. The van der Waals surface area contributed by atoms with Crippen LogP contribution in [-0.4, -0.2) is 91.7 Å². The van der Waals surface area contributed by atoms with Gasteiger partial charge in [0.05, 0.1) is 11.3 Å². The summed E-state index contributed by atoms with van der Waals surface area (Å²) in [5.41, 5.74) is 3.15. The third-order valence-corrected chi connectivity index (χ3v) is 6.39. The van der Waals surface area contributed by atoms with Crippen molar-refractivity contribution in [1.82, 2.24) is 24.6 Å². The summed E-state index contributed by atoms with van der Waals surface area (Å²) in [4.78, 5) is 39.0. The predicted molar refractivity (Wildman–Crippen MR) is 132 cm³/mol. The van der Waals surface area contributed by atoms with Gasteiger partial charge in [-0.2, -0.15) is 31.4 Å². The maximum Gasteiger partial charge on any atom is 0.490 e. The highest BCUT2D eigenvalue weighted by Crippen LogP contribution is 2.41. The normalized spacial score (nSPS) is 16.8. The molecule has 0 radical (unpaired) electrons. The second-order valence-corrected chi connectivity index (χ2v) is 10.2. The summed E-state index contributed by atoms with van der Waals surface area (Å²) in [5.74, 6) is -4.89. The second kappa shape index (κ2) is 13.3. The van der Waals surface area contributed by atoms with Crippen LogP contribution in [0.1, 0.15) is 48.3 Å². The van der Waals surface area contributed by atoms with Gasteiger partial charge in [-0.1, -0.05) is 13.8 Å². The summed E-state index contributed by atoms with van der Waals surface area (Å²) >= 11 is 0. The number of carboxylic acids is 2. The van der Waals surface area contributed by atoms with Gasteiger partial charge in [-0.25, -0.2) is 9.59 Å². The molecule has 2 aliphatic heterocycles. The first kappa shape index (κ1) is 33.5. The van der Waals surface area contributed by atoms with Crippen LogP contribution in [0.2, 0.25) is 0 Å². The lowest BCUT2D eigenvalue weighted by Gasteiger charge is -2.45. The number of rotatable bonds is 4. The minimum absolute atomic E-state index is 0.00499. The zero-order chi connectivity index (χ0) is 31.2. The Morgan fingerprint density at radius 2 is 1.49 bits per heavy atom. The molecule has 0 atom stereocenters. The molecule has 1 saturated heterocycles. The van der Waals surface area contributed by atoms with Gasteiger partial charge in [0, 0.05) is 50.7 Å². The number of nitrogens with zero attached hydrogens (tertiary/aromatic N) is 5. The number of hydrogen-bond donors (Lipinski definition) is 2. The van der Waals surface area contributed by atoms with E-state index in [1.54, 1.807) is 0 Å². The Hall–Kier alpha value is -3.69. The van der Waals surface area contributed by atoms with Gasteiger partial charge in [0.15, 0.2) is 0 Å². The number of likely N-dealkylation sites (tertiary alicyclic amines) is 1. The van der Waals surface area contributed by atoms with Crippen LogP contribution in [0.25, 0.3) is 0 Å². The summed E-state index contributed by atoms with van der Waals surface area (Å²) in [6.45, 7) is 9.02. The van der Waals surface area contributed by atoms with Crippen molar-refractivity contribution in [1.29, 1.82) is 0 Å². The number of likely N-dealkylation sites (N-methyl/N-ethyl adjacent to an activating group) is 1. The van der Waals surface area contributed by atoms with Crippen LogP contribution in [-0.2, 0) is 28.1 Å². The Balaban J connectivity index is 0.000000349. The van der Waals surface area contributed by atoms with E-state index in [2.05, 4.69) is 35.9 Å². The Morgan fingerprint density at radius 3 is 1.93 bits per heavy atom. The summed E-state index contributed by atoms with van der Waals surface area (Å²) in [6, 6.07) is 4.17. The van der Waals surface area contributed by atoms with Crippen LogP contribution in [0.3, 0.4) is 0 Å². The zero-order valence-corrected chi connectivity index (χ0v) is 22.5. The van der Waals surface area contributed by atoms with E-state index in [4.69, 9.17) is 24.9 Å². The van der Waals surface area contributed by atoms with Crippen LogP contribution in [0.15, 0.2) is 30.7 Å². The first-order valence-electron chi connectivity index (χ1n) is 12.4. The average Bonchev–Trinajstić information content (AvgIpc) is 3.29. The number of carboxylic acid groups (broad SMARTS) is 2. The molecule has 228 valence electrons. The quantitative estimate of drug-likeness (QED) is 0.511. The molecule has 0 aromatic carbocycles. The lowest BCUT2D eigenvalue weighted by molar-refractivity contribution is -0.193. The molecule has 2 aromatic rings. The number of fused-ring (bicyclic) bond motifs is 2. The smallest absolute Gasteiger partial charge is 0.475 e. The standard InChI is InChI=1S/C21H29N5O.2C2HF3O2/c1-16(2)12-26-14-18-19(23-26)21(15-24(3)20(18)27)6-10-25(11-7-21)13-17-4-8-22-9-5-17;2*3-2(4,5)1(6)7/h4-5,8-9,14,16H,6-7,10-13,15H2,1-3H3;2*(H,6,7). The highest BCUT2D eigenvalue weighted by Gasteiger charge is 2.46. The Kier molecular flexibility index (Phi) is 10.9. The number of carbonyl (C=O) groups excluding carboxylic acids is 1. The van der Waals surface area contributed by atoms with Crippen molar-refractivity contribution in [3.05, 3.63) is 47.5 Å². The van der Waals surface area contributed by atoms with Gasteiger partial charge in [0.25, 0.3) is 5.91 Å². The van der Waals surface area contributed by atoms with Crippen molar-refractivity contribution in [3.8, 4) is 0 Å². The predicted octanol–water partition coefficient (Wildman–Crippen LogP) is 3.82. The molecule has 41 heavy (non-hydrogen) atoms. The molecule has 4 heterocycles. The van der Waals surface area contributed by atoms with Crippen molar-refractivity contribution in [2.75, 3.05) is 26.7 Å². The molecule has 2 N–H and O–H groups in total. The van der Waals surface area contributed by atoms with E-state index in [0.29, 0.717) is 5.92 Å². The summed E-state index contributed by atoms with van der Waals surface area (Å²) in [6.07, 6.45) is -2.40. The molecule has 0 bridgehead atoms. The number of alkyl halides is 6. The number of hydrogen-bond acceptors (Lipinski definition) is 6. The van der Waals surface area contributed by atoms with Gasteiger partial charge >= 0.3 is 24.3 Å². The number of aromatic nitrogens is 3. The Morgan fingerprint density at radius 1 is 1.00 bits per heavy atom. The van der Waals surface area contributed by atoms with Crippen molar-refractivity contribution in [3.63, 3.8) is 0 Å². The molecule has 0 saturated carbocycles. The van der Waals surface area contributed by atoms with E-state index < -0.39 is 24.3 Å². The Bertz CT molecular complexity index is 1170. The average molecular weight is 596 g/mol. The number of aliphatic carboxylic acids is 2. The van der Waals surface area contributed by atoms with Crippen molar-refractivity contribution >= 4 is 17.8 Å².